The fraction of sp³-hybridized carbons (Fsp3) is 0.0526. The summed E-state index contributed by atoms with van der Waals surface area (Å²) < 4.78 is 0. The van der Waals surface area contributed by atoms with Crippen molar-refractivity contribution in [1.82, 2.24) is 0 Å². The van der Waals surface area contributed by atoms with Crippen molar-refractivity contribution < 1.29 is 10.2 Å². The smallest absolute Gasteiger partial charge is 0.151 e. The molecule has 1 aliphatic rings. The zero-order valence-electron chi connectivity index (χ0n) is 11.8. The summed E-state index contributed by atoms with van der Waals surface area (Å²) in [4.78, 5) is 0. The van der Waals surface area contributed by atoms with Crippen LogP contribution in [0.4, 0.5) is 5.69 Å². The molecule has 0 saturated carbocycles. The number of para-hydroxylation sites is 1. The molecule has 0 bridgehead atoms. The molecule has 0 saturated heterocycles. The summed E-state index contributed by atoms with van der Waals surface area (Å²) in [7, 11) is 0. The Morgan fingerprint density at radius 1 is 0.864 bits per heavy atom. The molecule has 1 atom stereocenters. The standard InChI is InChI=1S/C19H15NO2/c21-18-10-9-12(13-5-1-2-7-15(13)18)11-16-14-6-3-4-8-17(14)20-19(16)22/h1-11,19-22H. The van der Waals surface area contributed by atoms with Crippen LogP contribution >= 0.6 is 0 Å². The molecular formula is C19H15NO2. The number of hydrogen-bond donors (Lipinski definition) is 3. The largest absolute Gasteiger partial charge is 0.507 e. The van der Waals surface area contributed by atoms with Gasteiger partial charge in [-0.05, 0) is 29.2 Å². The second-order valence-corrected chi connectivity index (χ2v) is 5.41. The molecule has 3 aromatic carbocycles. The predicted octanol–water partition coefficient (Wildman–Crippen LogP) is 3.83. The van der Waals surface area contributed by atoms with Gasteiger partial charge in [0.25, 0.3) is 0 Å². The molecule has 1 aliphatic heterocycles. The van der Waals surface area contributed by atoms with Crippen LogP contribution in [0.2, 0.25) is 0 Å². The molecule has 3 aromatic rings. The molecule has 22 heavy (non-hydrogen) atoms. The van der Waals surface area contributed by atoms with Crippen molar-refractivity contribution in [2.75, 3.05) is 5.32 Å². The van der Waals surface area contributed by atoms with Gasteiger partial charge in [-0.25, -0.2) is 0 Å². The lowest BCUT2D eigenvalue weighted by Crippen LogP contribution is -2.12. The highest BCUT2D eigenvalue weighted by atomic mass is 16.3. The van der Waals surface area contributed by atoms with Gasteiger partial charge in [-0.3, -0.25) is 0 Å². The summed E-state index contributed by atoms with van der Waals surface area (Å²) in [5, 5.41) is 25.1. The van der Waals surface area contributed by atoms with Crippen molar-refractivity contribution in [3.8, 4) is 5.75 Å². The highest BCUT2D eigenvalue weighted by Crippen LogP contribution is 2.37. The van der Waals surface area contributed by atoms with E-state index in [4.69, 9.17) is 0 Å². The van der Waals surface area contributed by atoms with Gasteiger partial charge in [0.05, 0.1) is 0 Å². The lowest BCUT2D eigenvalue weighted by Gasteiger charge is -2.08. The number of fused-ring (bicyclic) bond motifs is 2. The third kappa shape index (κ3) is 1.95. The molecule has 3 N–H and O–H groups in total. The van der Waals surface area contributed by atoms with Gasteiger partial charge in [-0.2, -0.15) is 0 Å². The van der Waals surface area contributed by atoms with E-state index in [0.717, 1.165) is 33.2 Å². The molecule has 4 rings (SSSR count). The highest BCUT2D eigenvalue weighted by Gasteiger charge is 2.23. The third-order valence-electron chi connectivity index (χ3n) is 4.07. The number of phenols is 1. The van der Waals surface area contributed by atoms with Crippen molar-refractivity contribution >= 4 is 28.1 Å². The van der Waals surface area contributed by atoms with Crippen molar-refractivity contribution in [1.29, 1.82) is 0 Å². The van der Waals surface area contributed by atoms with Crippen LogP contribution in [-0.4, -0.2) is 16.4 Å². The number of aliphatic hydroxyl groups is 1. The maximum atomic E-state index is 10.3. The Labute approximate surface area is 128 Å². The summed E-state index contributed by atoms with van der Waals surface area (Å²) in [6.45, 7) is 0. The SMILES string of the molecule is Oc1ccc(C=C2c3ccccc3NC2O)c2ccccc12. The van der Waals surface area contributed by atoms with E-state index >= 15 is 0 Å². The van der Waals surface area contributed by atoms with Gasteiger partial charge in [0, 0.05) is 22.2 Å². The Hall–Kier alpha value is -2.78. The fourth-order valence-corrected chi connectivity index (χ4v) is 2.99. The van der Waals surface area contributed by atoms with Crippen molar-refractivity contribution in [2.24, 2.45) is 0 Å². The molecule has 0 aromatic heterocycles. The Morgan fingerprint density at radius 2 is 1.59 bits per heavy atom. The van der Waals surface area contributed by atoms with Crippen LogP contribution in [-0.2, 0) is 0 Å². The monoisotopic (exact) mass is 289 g/mol. The average Bonchev–Trinajstić information content (AvgIpc) is 2.86. The van der Waals surface area contributed by atoms with Crippen LogP contribution in [0.1, 0.15) is 11.1 Å². The quantitative estimate of drug-likeness (QED) is 0.638. The zero-order chi connectivity index (χ0) is 15.1. The van der Waals surface area contributed by atoms with Gasteiger partial charge in [0.15, 0.2) is 6.23 Å². The second kappa shape index (κ2) is 4.90. The molecule has 3 heteroatoms. The summed E-state index contributed by atoms with van der Waals surface area (Å²) in [5.41, 5.74) is 3.75. The zero-order valence-corrected chi connectivity index (χ0v) is 11.8. The number of aliphatic hydroxyl groups excluding tert-OH is 1. The molecule has 0 amide bonds. The normalized spacial score (nSPS) is 18.4. The van der Waals surface area contributed by atoms with Crippen LogP contribution < -0.4 is 5.32 Å². The summed E-state index contributed by atoms with van der Waals surface area (Å²) in [5.74, 6) is 0.267. The van der Waals surface area contributed by atoms with Crippen LogP contribution in [0.5, 0.6) is 5.75 Å². The summed E-state index contributed by atoms with van der Waals surface area (Å²) in [6.07, 6.45) is 1.26. The molecule has 0 radical (unpaired) electrons. The van der Waals surface area contributed by atoms with E-state index in [1.165, 1.54) is 0 Å². The Morgan fingerprint density at radius 3 is 2.45 bits per heavy atom. The van der Waals surface area contributed by atoms with Crippen LogP contribution in [0.25, 0.3) is 22.4 Å². The number of phenolic OH excluding ortho intramolecular Hbond substituents is 1. The van der Waals surface area contributed by atoms with Gasteiger partial charge in [0.2, 0.25) is 0 Å². The minimum atomic E-state index is -0.718. The fourth-order valence-electron chi connectivity index (χ4n) is 2.99. The Balaban J connectivity index is 1.92. The minimum absolute atomic E-state index is 0.267. The van der Waals surface area contributed by atoms with Crippen LogP contribution in [0, 0.1) is 0 Å². The van der Waals surface area contributed by atoms with E-state index in [0.29, 0.717) is 0 Å². The van der Waals surface area contributed by atoms with Crippen LogP contribution in [0.3, 0.4) is 0 Å². The molecular weight excluding hydrogens is 274 g/mol. The number of hydrogen-bond acceptors (Lipinski definition) is 3. The van der Waals surface area contributed by atoms with Crippen molar-refractivity contribution in [3.63, 3.8) is 0 Å². The number of nitrogens with one attached hydrogen (secondary N) is 1. The maximum Gasteiger partial charge on any atom is 0.151 e. The van der Waals surface area contributed by atoms with E-state index in [1.54, 1.807) is 6.07 Å². The van der Waals surface area contributed by atoms with E-state index < -0.39 is 6.23 Å². The van der Waals surface area contributed by atoms with Gasteiger partial charge in [-0.1, -0.05) is 48.5 Å². The topological polar surface area (TPSA) is 52.5 Å². The number of anilines is 1. The molecule has 0 aliphatic carbocycles. The molecule has 3 nitrogen and oxygen atoms in total. The summed E-state index contributed by atoms with van der Waals surface area (Å²) in [6, 6.07) is 19.1. The highest BCUT2D eigenvalue weighted by molar-refractivity contribution is 6.01. The number of aromatic hydroxyl groups is 1. The van der Waals surface area contributed by atoms with Gasteiger partial charge in [-0.15, -0.1) is 0 Å². The first-order chi connectivity index (χ1) is 10.7. The summed E-state index contributed by atoms with van der Waals surface area (Å²) >= 11 is 0. The average molecular weight is 289 g/mol. The Bertz CT molecular complexity index is 899. The van der Waals surface area contributed by atoms with Crippen molar-refractivity contribution in [3.05, 3.63) is 71.8 Å². The van der Waals surface area contributed by atoms with E-state index in [9.17, 15) is 10.2 Å². The maximum absolute atomic E-state index is 10.3. The van der Waals surface area contributed by atoms with Crippen LogP contribution in [0.15, 0.2) is 60.7 Å². The van der Waals surface area contributed by atoms with Crippen molar-refractivity contribution in [2.45, 2.75) is 6.23 Å². The lowest BCUT2D eigenvalue weighted by atomic mass is 9.99. The molecule has 1 heterocycles. The van der Waals surface area contributed by atoms with Gasteiger partial charge in [0.1, 0.15) is 5.75 Å². The van der Waals surface area contributed by atoms with E-state index in [-0.39, 0.29) is 5.75 Å². The molecule has 0 spiro atoms. The van der Waals surface area contributed by atoms with Gasteiger partial charge >= 0.3 is 0 Å². The second-order valence-electron chi connectivity index (χ2n) is 5.41. The Kier molecular flexibility index (Phi) is 2.88. The first kappa shape index (κ1) is 12.9. The molecule has 1 unspecified atom stereocenters. The number of benzene rings is 3. The van der Waals surface area contributed by atoms with Gasteiger partial charge < -0.3 is 15.5 Å². The predicted molar refractivity (Wildman–Crippen MR) is 89.6 cm³/mol. The molecule has 108 valence electrons. The minimum Gasteiger partial charge on any atom is -0.507 e. The first-order valence-corrected chi connectivity index (χ1v) is 7.20. The van der Waals surface area contributed by atoms with E-state index in [1.807, 2.05) is 60.7 Å². The lowest BCUT2D eigenvalue weighted by molar-refractivity contribution is 0.266. The van der Waals surface area contributed by atoms with E-state index in [2.05, 4.69) is 5.32 Å². The first-order valence-electron chi connectivity index (χ1n) is 7.20. The third-order valence-corrected chi connectivity index (χ3v) is 4.07. The number of rotatable bonds is 1. The molecule has 0 fully saturated rings.